The third kappa shape index (κ3) is 2.46. The minimum Gasteiger partial charge on any atom is -0.493 e. The average molecular weight is 249 g/mol. The maximum absolute atomic E-state index is 10.7. The molecule has 5 nitrogen and oxygen atoms in total. The number of rotatable bonds is 5. The number of carboxylic acids is 1. The molecule has 0 bridgehead atoms. The van der Waals surface area contributed by atoms with Crippen LogP contribution in [0.15, 0.2) is 28.7 Å². The van der Waals surface area contributed by atoms with Gasteiger partial charge in [-0.2, -0.15) is 0 Å². The molecule has 96 valence electrons. The third-order valence-electron chi connectivity index (χ3n) is 2.73. The first-order valence-electron chi connectivity index (χ1n) is 5.63. The van der Waals surface area contributed by atoms with E-state index in [0.29, 0.717) is 23.6 Å². The predicted molar refractivity (Wildman–Crippen MR) is 66.7 cm³/mol. The van der Waals surface area contributed by atoms with Crippen LogP contribution in [0.1, 0.15) is 12.7 Å². The molecule has 5 heteroatoms. The Bertz CT molecular complexity index is 561. The van der Waals surface area contributed by atoms with Gasteiger partial charge in [0.05, 0.1) is 13.7 Å². The molecule has 2 N–H and O–H groups in total. The van der Waals surface area contributed by atoms with E-state index in [2.05, 4.69) is 5.32 Å². The molecule has 0 saturated heterocycles. The van der Waals surface area contributed by atoms with Gasteiger partial charge in [0.25, 0.3) is 0 Å². The lowest BCUT2D eigenvalue weighted by Crippen LogP contribution is -2.32. The van der Waals surface area contributed by atoms with E-state index in [4.69, 9.17) is 14.3 Å². The molecule has 1 aromatic heterocycles. The predicted octanol–water partition coefficient (Wildman–Crippen LogP) is 2.00. The Labute approximate surface area is 104 Å². The van der Waals surface area contributed by atoms with Crippen LogP contribution in [0.5, 0.6) is 5.75 Å². The summed E-state index contributed by atoms with van der Waals surface area (Å²) in [6.45, 7) is 1.96. The highest BCUT2D eigenvalue weighted by Gasteiger charge is 2.12. The Kier molecular flexibility index (Phi) is 3.53. The average Bonchev–Trinajstić information content (AvgIpc) is 2.78. The maximum Gasteiger partial charge on any atom is 0.320 e. The van der Waals surface area contributed by atoms with Crippen molar-refractivity contribution in [2.75, 3.05) is 7.11 Å². The summed E-state index contributed by atoms with van der Waals surface area (Å²) in [7, 11) is 1.59. The van der Waals surface area contributed by atoms with E-state index < -0.39 is 12.0 Å². The van der Waals surface area contributed by atoms with Crippen LogP contribution >= 0.6 is 0 Å². The van der Waals surface area contributed by atoms with Crippen LogP contribution in [0.2, 0.25) is 0 Å². The Hall–Kier alpha value is -2.01. The number of hydrogen-bond donors (Lipinski definition) is 2. The van der Waals surface area contributed by atoms with Gasteiger partial charge < -0.3 is 14.3 Å². The van der Waals surface area contributed by atoms with E-state index in [0.717, 1.165) is 5.39 Å². The molecule has 1 atom stereocenters. The van der Waals surface area contributed by atoms with Crippen molar-refractivity contribution >= 4 is 16.9 Å². The van der Waals surface area contributed by atoms with Gasteiger partial charge in [-0.25, -0.2) is 0 Å². The maximum atomic E-state index is 10.7. The second-order valence-electron chi connectivity index (χ2n) is 4.03. The first-order chi connectivity index (χ1) is 8.61. The van der Waals surface area contributed by atoms with Crippen molar-refractivity contribution < 1.29 is 19.1 Å². The molecule has 0 amide bonds. The topological polar surface area (TPSA) is 71.7 Å². The molecular formula is C13H15NO4. The molecule has 2 rings (SSSR count). The minimum absolute atomic E-state index is 0.366. The zero-order valence-corrected chi connectivity index (χ0v) is 10.3. The number of hydrogen-bond acceptors (Lipinski definition) is 4. The highest BCUT2D eigenvalue weighted by atomic mass is 16.5. The van der Waals surface area contributed by atoms with Gasteiger partial charge in [0, 0.05) is 5.39 Å². The summed E-state index contributed by atoms with van der Waals surface area (Å²) in [4.78, 5) is 10.7. The summed E-state index contributed by atoms with van der Waals surface area (Å²) in [6.07, 6.45) is 0. The number of aliphatic carboxylic acids is 1. The summed E-state index contributed by atoms with van der Waals surface area (Å²) in [5.74, 6) is 0.469. The molecule has 2 aromatic rings. The molecule has 1 heterocycles. The number of carboxylic acid groups (broad SMARTS) is 1. The van der Waals surface area contributed by atoms with Crippen LogP contribution in [-0.2, 0) is 11.3 Å². The van der Waals surface area contributed by atoms with E-state index >= 15 is 0 Å². The van der Waals surface area contributed by atoms with Gasteiger partial charge in [0.2, 0.25) is 0 Å². The molecule has 1 unspecified atom stereocenters. The van der Waals surface area contributed by atoms with Gasteiger partial charge in [-0.3, -0.25) is 10.1 Å². The summed E-state index contributed by atoms with van der Waals surface area (Å²) in [6, 6.07) is 6.89. The van der Waals surface area contributed by atoms with E-state index in [1.807, 2.05) is 24.3 Å². The van der Waals surface area contributed by atoms with Crippen molar-refractivity contribution in [2.45, 2.75) is 19.5 Å². The monoisotopic (exact) mass is 249 g/mol. The zero-order chi connectivity index (χ0) is 13.1. The molecule has 0 fully saturated rings. The number of carbonyl (C=O) groups is 1. The van der Waals surface area contributed by atoms with E-state index in [1.165, 1.54) is 0 Å². The fourth-order valence-corrected chi connectivity index (χ4v) is 1.68. The molecule has 0 spiro atoms. The molecule has 18 heavy (non-hydrogen) atoms. The molecule has 0 aliphatic rings. The van der Waals surface area contributed by atoms with Crippen molar-refractivity contribution in [3.05, 3.63) is 30.0 Å². The molecule has 0 aliphatic carbocycles. The first-order valence-corrected chi connectivity index (χ1v) is 5.63. The SMILES string of the molecule is COc1cccc2cc(CNC(C)C(=O)O)oc12. The number of ether oxygens (including phenoxy) is 1. The van der Waals surface area contributed by atoms with Gasteiger partial charge in [0.15, 0.2) is 11.3 Å². The van der Waals surface area contributed by atoms with Gasteiger partial charge in [-0.15, -0.1) is 0 Å². The molecule has 0 aliphatic heterocycles. The first kappa shape index (κ1) is 12.4. The number of nitrogens with one attached hydrogen (secondary N) is 1. The number of fused-ring (bicyclic) bond motifs is 1. The lowest BCUT2D eigenvalue weighted by molar-refractivity contribution is -0.139. The van der Waals surface area contributed by atoms with Crippen LogP contribution in [0.25, 0.3) is 11.0 Å². The summed E-state index contributed by atoms with van der Waals surface area (Å²) >= 11 is 0. The standard InChI is InChI=1S/C13H15NO4/c1-8(13(15)16)14-7-10-6-9-4-3-5-11(17-2)12(9)18-10/h3-6,8,14H,7H2,1-2H3,(H,15,16). The normalized spacial score (nSPS) is 12.6. The molecule has 1 aromatic carbocycles. The lowest BCUT2D eigenvalue weighted by Gasteiger charge is -2.06. The fourth-order valence-electron chi connectivity index (χ4n) is 1.68. The minimum atomic E-state index is -0.885. The second-order valence-corrected chi connectivity index (χ2v) is 4.03. The van der Waals surface area contributed by atoms with Crippen LogP contribution in [-0.4, -0.2) is 24.2 Å². The van der Waals surface area contributed by atoms with Crippen LogP contribution < -0.4 is 10.1 Å². The summed E-state index contributed by atoms with van der Waals surface area (Å²) in [5, 5.41) is 12.6. The highest BCUT2D eigenvalue weighted by molar-refractivity contribution is 5.83. The largest absolute Gasteiger partial charge is 0.493 e. The van der Waals surface area contributed by atoms with E-state index in [-0.39, 0.29) is 0 Å². The summed E-state index contributed by atoms with van der Waals surface area (Å²) in [5.41, 5.74) is 0.680. The van der Waals surface area contributed by atoms with Gasteiger partial charge in [0.1, 0.15) is 11.8 Å². The number of benzene rings is 1. The Balaban J connectivity index is 2.18. The molecular weight excluding hydrogens is 234 g/mol. The van der Waals surface area contributed by atoms with Crippen molar-refractivity contribution in [1.29, 1.82) is 0 Å². The quantitative estimate of drug-likeness (QED) is 0.848. The molecule has 0 radical (unpaired) electrons. The fraction of sp³-hybridized carbons (Fsp3) is 0.308. The Morgan fingerprint density at radius 3 is 3.00 bits per heavy atom. The number of para-hydroxylation sites is 1. The van der Waals surface area contributed by atoms with Crippen LogP contribution in [0.4, 0.5) is 0 Å². The Morgan fingerprint density at radius 2 is 2.33 bits per heavy atom. The lowest BCUT2D eigenvalue weighted by atomic mass is 10.2. The van der Waals surface area contributed by atoms with Gasteiger partial charge in [-0.05, 0) is 19.1 Å². The third-order valence-corrected chi connectivity index (χ3v) is 2.73. The Morgan fingerprint density at radius 1 is 1.56 bits per heavy atom. The van der Waals surface area contributed by atoms with E-state index in [9.17, 15) is 4.79 Å². The second kappa shape index (κ2) is 5.10. The zero-order valence-electron chi connectivity index (χ0n) is 10.3. The van der Waals surface area contributed by atoms with Crippen molar-refractivity contribution in [3.63, 3.8) is 0 Å². The van der Waals surface area contributed by atoms with Crippen molar-refractivity contribution in [2.24, 2.45) is 0 Å². The van der Waals surface area contributed by atoms with Gasteiger partial charge >= 0.3 is 5.97 Å². The van der Waals surface area contributed by atoms with E-state index in [1.54, 1.807) is 14.0 Å². The smallest absolute Gasteiger partial charge is 0.320 e. The summed E-state index contributed by atoms with van der Waals surface area (Å²) < 4.78 is 10.8. The van der Waals surface area contributed by atoms with Gasteiger partial charge in [-0.1, -0.05) is 12.1 Å². The highest BCUT2D eigenvalue weighted by Crippen LogP contribution is 2.28. The van der Waals surface area contributed by atoms with Crippen molar-refractivity contribution in [3.8, 4) is 5.75 Å². The number of furan rings is 1. The number of methoxy groups -OCH3 is 1. The van der Waals surface area contributed by atoms with Crippen molar-refractivity contribution in [1.82, 2.24) is 5.32 Å². The van der Waals surface area contributed by atoms with Crippen LogP contribution in [0, 0.1) is 0 Å². The van der Waals surface area contributed by atoms with Crippen LogP contribution in [0.3, 0.4) is 0 Å². The molecule has 0 saturated carbocycles.